The minimum absolute atomic E-state index is 0. The summed E-state index contributed by atoms with van der Waals surface area (Å²) >= 11 is 0. The molecule has 2 unspecified atom stereocenters. The van der Waals surface area contributed by atoms with Crippen LogP contribution in [0, 0.1) is 23.2 Å². The van der Waals surface area contributed by atoms with Crippen LogP contribution < -0.4 is 34.7 Å². The normalized spacial score (nSPS) is 12.9. The number of hydrogen-bond donors (Lipinski definition) is 0. The minimum Gasteiger partial charge on any atom is -0.550 e. The number of aliphatic carboxylic acids is 1. The van der Waals surface area contributed by atoms with Crippen molar-refractivity contribution in [2.24, 2.45) is 11.8 Å². The van der Waals surface area contributed by atoms with E-state index in [0.717, 1.165) is 19.3 Å². The zero-order chi connectivity index (χ0) is 16.6. The molecule has 0 heterocycles. The summed E-state index contributed by atoms with van der Waals surface area (Å²) in [6, 6.07) is 2.35. The van der Waals surface area contributed by atoms with Crippen LogP contribution in [-0.4, -0.2) is 19.2 Å². The van der Waals surface area contributed by atoms with Gasteiger partial charge in [-0.3, -0.25) is 0 Å². The van der Waals surface area contributed by atoms with E-state index >= 15 is 0 Å². The topological polar surface area (TPSA) is 73.1 Å². The molecule has 5 heteroatoms. The second-order valence-corrected chi connectivity index (χ2v) is 6.04. The van der Waals surface area contributed by atoms with Crippen molar-refractivity contribution >= 4 is 5.97 Å². The summed E-state index contributed by atoms with van der Waals surface area (Å²) in [5.41, 5.74) is 0. The number of ether oxygens (including phenoxy) is 1. The van der Waals surface area contributed by atoms with E-state index in [1.807, 2.05) is 0 Å². The number of unbranched alkanes of at least 4 members (excludes halogenated alkanes) is 5. The van der Waals surface area contributed by atoms with E-state index < -0.39 is 5.97 Å². The standard InChI is InChI=1S/C18H33NO3.Na/c1-3-5-6-7-8-9-11-16(10-4-2)17(14-19)15-22-13-12-18(20)21;/h16-17H,3-13,15H2,1-2H3,(H,20,21);/q;+1/p-1. The van der Waals surface area contributed by atoms with E-state index in [0.29, 0.717) is 12.5 Å². The van der Waals surface area contributed by atoms with Gasteiger partial charge in [0.15, 0.2) is 0 Å². The molecule has 0 aliphatic rings. The Morgan fingerprint density at radius 1 is 1.09 bits per heavy atom. The number of carbonyl (C=O) groups is 1. The summed E-state index contributed by atoms with van der Waals surface area (Å²) in [6.07, 6.45) is 10.7. The summed E-state index contributed by atoms with van der Waals surface area (Å²) in [5, 5.41) is 19.7. The fourth-order valence-electron chi connectivity index (χ4n) is 2.75. The zero-order valence-electron chi connectivity index (χ0n) is 15.3. The smallest absolute Gasteiger partial charge is 0.550 e. The zero-order valence-corrected chi connectivity index (χ0v) is 17.3. The first-order valence-electron chi connectivity index (χ1n) is 8.82. The van der Waals surface area contributed by atoms with E-state index in [9.17, 15) is 15.2 Å². The van der Waals surface area contributed by atoms with Crippen LogP contribution in [0.5, 0.6) is 0 Å². The number of carboxylic acids is 1. The van der Waals surface area contributed by atoms with Crippen LogP contribution in [0.15, 0.2) is 0 Å². The molecule has 0 amide bonds. The molecular formula is C18H32NNaO3. The van der Waals surface area contributed by atoms with Gasteiger partial charge in [-0.1, -0.05) is 58.8 Å². The minimum atomic E-state index is -1.11. The average molecular weight is 333 g/mol. The molecule has 0 saturated carbocycles. The molecule has 0 aliphatic carbocycles. The van der Waals surface area contributed by atoms with Gasteiger partial charge in [0.05, 0.1) is 25.2 Å². The van der Waals surface area contributed by atoms with Crippen molar-refractivity contribution in [2.75, 3.05) is 13.2 Å². The SMILES string of the molecule is CCCCCCCCC(CCC)C(C#N)COCCC(=O)[O-].[Na+]. The fraction of sp³-hybridized carbons (Fsp3) is 0.889. The van der Waals surface area contributed by atoms with Crippen LogP contribution >= 0.6 is 0 Å². The van der Waals surface area contributed by atoms with Gasteiger partial charge in [0.1, 0.15) is 0 Å². The molecule has 0 spiro atoms. The van der Waals surface area contributed by atoms with Crippen LogP contribution in [0.4, 0.5) is 0 Å². The van der Waals surface area contributed by atoms with Gasteiger partial charge in [-0.15, -0.1) is 0 Å². The maximum atomic E-state index is 10.3. The molecule has 2 atom stereocenters. The molecule has 0 aromatic rings. The maximum absolute atomic E-state index is 10.3. The number of hydrogen-bond acceptors (Lipinski definition) is 4. The van der Waals surface area contributed by atoms with Gasteiger partial charge in [0.25, 0.3) is 0 Å². The van der Waals surface area contributed by atoms with Gasteiger partial charge in [0.2, 0.25) is 0 Å². The molecule has 128 valence electrons. The predicted octanol–water partition coefficient (Wildman–Crippen LogP) is 0.454. The molecule has 0 aromatic carbocycles. The molecule has 23 heavy (non-hydrogen) atoms. The Bertz CT molecular complexity index is 318. The summed E-state index contributed by atoms with van der Waals surface area (Å²) in [5.74, 6) is -0.868. The van der Waals surface area contributed by atoms with E-state index in [-0.39, 0.29) is 48.5 Å². The van der Waals surface area contributed by atoms with E-state index in [1.54, 1.807) is 0 Å². The van der Waals surface area contributed by atoms with Gasteiger partial charge < -0.3 is 14.6 Å². The number of carbonyl (C=O) groups excluding carboxylic acids is 1. The van der Waals surface area contributed by atoms with Gasteiger partial charge >= 0.3 is 29.6 Å². The van der Waals surface area contributed by atoms with Crippen molar-refractivity contribution in [3.8, 4) is 6.07 Å². The maximum Gasteiger partial charge on any atom is 1.00 e. The molecule has 0 radical (unpaired) electrons. The summed E-state index contributed by atoms with van der Waals surface area (Å²) in [4.78, 5) is 10.3. The third-order valence-corrected chi connectivity index (χ3v) is 4.07. The summed E-state index contributed by atoms with van der Waals surface area (Å²) in [6.45, 7) is 4.83. The third-order valence-electron chi connectivity index (χ3n) is 4.07. The van der Waals surface area contributed by atoms with Crippen LogP contribution in [0.3, 0.4) is 0 Å². The van der Waals surface area contributed by atoms with Gasteiger partial charge in [-0.2, -0.15) is 5.26 Å². The molecule has 0 aliphatic heterocycles. The van der Waals surface area contributed by atoms with Crippen molar-refractivity contribution in [1.82, 2.24) is 0 Å². The molecule has 0 bridgehead atoms. The van der Waals surface area contributed by atoms with Crippen molar-refractivity contribution in [2.45, 2.75) is 78.1 Å². The first-order chi connectivity index (χ1) is 10.7. The molecular weight excluding hydrogens is 301 g/mol. The molecule has 0 aromatic heterocycles. The molecule has 0 fully saturated rings. The first-order valence-corrected chi connectivity index (χ1v) is 8.82. The molecule has 4 nitrogen and oxygen atoms in total. The van der Waals surface area contributed by atoms with E-state index in [4.69, 9.17) is 4.74 Å². The largest absolute Gasteiger partial charge is 1.00 e. The van der Waals surface area contributed by atoms with Gasteiger partial charge in [0, 0.05) is 12.4 Å². The fourth-order valence-corrected chi connectivity index (χ4v) is 2.75. The summed E-state index contributed by atoms with van der Waals surface area (Å²) < 4.78 is 5.34. The second kappa shape index (κ2) is 18.3. The Hall–Kier alpha value is -0.0800. The predicted molar refractivity (Wildman–Crippen MR) is 85.9 cm³/mol. The number of nitrogens with zero attached hydrogens (tertiary/aromatic N) is 1. The third kappa shape index (κ3) is 15.2. The summed E-state index contributed by atoms with van der Waals surface area (Å²) in [7, 11) is 0. The molecule has 0 rings (SSSR count). The number of carboxylic acid groups (broad SMARTS) is 1. The van der Waals surface area contributed by atoms with Crippen molar-refractivity contribution in [1.29, 1.82) is 5.26 Å². The van der Waals surface area contributed by atoms with Crippen LogP contribution in [0.1, 0.15) is 78.1 Å². The van der Waals surface area contributed by atoms with Crippen LogP contribution in [0.2, 0.25) is 0 Å². The van der Waals surface area contributed by atoms with Gasteiger partial charge in [-0.25, -0.2) is 0 Å². The monoisotopic (exact) mass is 333 g/mol. The Balaban J connectivity index is 0. The van der Waals surface area contributed by atoms with E-state index in [2.05, 4.69) is 19.9 Å². The number of rotatable bonds is 15. The number of nitriles is 1. The first kappa shape index (κ1) is 25.2. The van der Waals surface area contributed by atoms with Gasteiger partial charge in [-0.05, 0) is 18.8 Å². The Labute approximate surface area is 164 Å². The van der Waals surface area contributed by atoms with Crippen molar-refractivity contribution in [3.63, 3.8) is 0 Å². The molecule has 0 saturated heterocycles. The van der Waals surface area contributed by atoms with Crippen LogP contribution in [0.25, 0.3) is 0 Å². The Morgan fingerprint density at radius 2 is 1.74 bits per heavy atom. The van der Waals surface area contributed by atoms with E-state index in [1.165, 1.54) is 38.5 Å². The Kier molecular flexibility index (Phi) is 20.0. The quantitative estimate of drug-likeness (QED) is 0.322. The van der Waals surface area contributed by atoms with Crippen molar-refractivity contribution in [3.05, 3.63) is 0 Å². The van der Waals surface area contributed by atoms with Crippen molar-refractivity contribution < 1.29 is 44.2 Å². The Morgan fingerprint density at radius 3 is 2.30 bits per heavy atom. The average Bonchev–Trinajstić information content (AvgIpc) is 2.50. The van der Waals surface area contributed by atoms with Crippen LogP contribution in [-0.2, 0) is 9.53 Å². The molecule has 0 N–H and O–H groups in total. The second-order valence-electron chi connectivity index (χ2n) is 6.04.